The molecule has 0 aromatic heterocycles. The molecule has 1 fully saturated rings. The molecule has 1 aliphatic heterocycles. The van der Waals surface area contributed by atoms with E-state index >= 15 is 0 Å². The first-order chi connectivity index (χ1) is 13.8. The van der Waals surface area contributed by atoms with E-state index < -0.39 is 47.8 Å². The minimum Gasteiger partial charge on any atom is -0.457 e. The molecule has 166 valence electrons. The summed E-state index contributed by atoms with van der Waals surface area (Å²) in [5.74, 6) is -3.10. The molecular formula is C19H22F3NO7. The summed E-state index contributed by atoms with van der Waals surface area (Å²) in [5.41, 5.74) is -0.823. The number of carbonyl (C=O) groups is 3. The molecule has 8 nitrogen and oxygen atoms in total. The van der Waals surface area contributed by atoms with Crippen molar-refractivity contribution >= 4 is 23.5 Å². The average Bonchev–Trinajstić information content (AvgIpc) is 2.57. The third-order valence-corrected chi connectivity index (χ3v) is 3.69. The molecule has 1 aliphatic rings. The van der Waals surface area contributed by atoms with Crippen LogP contribution in [0.4, 0.5) is 18.9 Å². The normalized spacial score (nSPS) is 18.6. The summed E-state index contributed by atoms with van der Waals surface area (Å²) in [6.45, 7) is 5.79. The summed E-state index contributed by atoms with van der Waals surface area (Å²) in [6, 6.07) is 4.80. The molecule has 0 spiro atoms. The highest BCUT2D eigenvalue weighted by molar-refractivity contribution is 6.00. The third-order valence-electron chi connectivity index (χ3n) is 3.69. The number of ether oxygens (including phenoxy) is 4. The van der Waals surface area contributed by atoms with Crippen molar-refractivity contribution in [1.29, 1.82) is 0 Å². The van der Waals surface area contributed by atoms with E-state index in [0.29, 0.717) is 0 Å². The number of alkyl halides is 3. The minimum atomic E-state index is -4.90. The van der Waals surface area contributed by atoms with E-state index in [4.69, 9.17) is 14.2 Å². The van der Waals surface area contributed by atoms with Crippen LogP contribution in [0.15, 0.2) is 24.3 Å². The number of halogens is 3. The molecule has 2 atom stereocenters. The van der Waals surface area contributed by atoms with Crippen LogP contribution in [-0.4, -0.2) is 55.2 Å². The monoisotopic (exact) mass is 433 g/mol. The van der Waals surface area contributed by atoms with Gasteiger partial charge in [-0.25, -0.2) is 4.79 Å². The lowest BCUT2D eigenvalue weighted by molar-refractivity contribution is -0.274. The summed E-state index contributed by atoms with van der Waals surface area (Å²) in [5, 5.41) is 0. The Bertz CT molecular complexity index is 804. The molecule has 1 heterocycles. The molecule has 1 unspecified atom stereocenters. The van der Waals surface area contributed by atoms with E-state index in [9.17, 15) is 27.6 Å². The number of nitrogens with zero attached hydrogens (tertiary/aromatic N) is 1. The fourth-order valence-corrected chi connectivity index (χ4v) is 2.70. The number of amides is 1. The smallest absolute Gasteiger partial charge is 0.457 e. The van der Waals surface area contributed by atoms with E-state index in [0.717, 1.165) is 24.0 Å². The maximum Gasteiger partial charge on any atom is 0.573 e. The zero-order valence-corrected chi connectivity index (χ0v) is 16.8. The van der Waals surface area contributed by atoms with Gasteiger partial charge in [-0.2, -0.15) is 0 Å². The molecule has 1 aromatic rings. The van der Waals surface area contributed by atoms with Crippen molar-refractivity contribution in [2.24, 2.45) is 0 Å². The first-order valence-corrected chi connectivity index (χ1v) is 8.96. The Morgan fingerprint density at radius 3 is 2.47 bits per heavy atom. The fourth-order valence-electron chi connectivity index (χ4n) is 2.70. The highest BCUT2D eigenvalue weighted by atomic mass is 19.4. The van der Waals surface area contributed by atoms with Crippen molar-refractivity contribution in [3.8, 4) is 5.75 Å². The Labute approximate surface area is 170 Å². The Balaban J connectivity index is 2.28. The van der Waals surface area contributed by atoms with Crippen molar-refractivity contribution in [2.75, 3.05) is 18.1 Å². The average molecular weight is 433 g/mol. The minimum absolute atomic E-state index is 0.00587. The van der Waals surface area contributed by atoms with Crippen LogP contribution in [0.25, 0.3) is 0 Å². The van der Waals surface area contributed by atoms with E-state index in [-0.39, 0.29) is 18.8 Å². The zero-order valence-electron chi connectivity index (χ0n) is 16.8. The molecule has 0 saturated carbocycles. The lowest BCUT2D eigenvalue weighted by atomic mass is 10.1. The van der Waals surface area contributed by atoms with Crippen LogP contribution in [0, 0.1) is 0 Å². The molecule has 11 heteroatoms. The predicted octanol–water partition coefficient (Wildman–Crippen LogP) is 2.59. The second-order valence-electron chi connectivity index (χ2n) is 7.39. The van der Waals surface area contributed by atoms with Gasteiger partial charge in [-0.3, -0.25) is 9.59 Å². The van der Waals surface area contributed by atoms with Crippen molar-refractivity contribution in [2.45, 2.75) is 51.9 Å². The number of esters is 2. The molecule has 0 radical (unpaired) electrons. The van der Waals surface area contributed by atoms with Gasteiger partial charge >= 0.3 is 18.3 Å². The molecule has 1 amide bonds. The molecule has 0 N–H and O–H groups in total. The van der Waals surface area contributed by atoms with Crippen LogP contribution >= 0.6 is 0 Å². The zero-order chi connectivity index (χ0) is 22.7. The standard InChI is InChI=1S/C19H22F3NO7/c1-11(24)28-15(17(26)30-18(2,3)4)14-16(25)23(8-9-27-14)12-6-5-7-13(10-12)29-19(20,21)22/h5-7,10,14-15H,8-9H2,1-4H3/t14-,15?/m1/s1. The van der Waals surface area contributed by atoms with E-state index in [1.165, 1.54) is 12.1 Å². The first kappa shape index (κ1) is 23.5. The maximum atomic E-state index is 13.0. The van der Waals surface area contributed by atoms with Gasteiger partial charge in [-0.1, -0.05) is 6.07 Å². The number of benzene rings is 1. The second kappa shape index (κ2) is 8.90. The second-order valence-corrected chi connectivity index (χ2v) is 7.39. The molecule has 30 heavy (non-hydrogen) atoms. The van der Waals surface area contributed by atoms with Crippen LogP contribution in [0.5, 0.6) is 5.75 Å². The van der Waals surface area contributed by atoms with Crippen LogP contribution in [-0.2, 0) is 28.6 Å². The Hall–Kier alpha value is -2.82. The maximum absolute atomic E-state index is 13.0. The van der Waals surface area contributed by atoms with Gasteiger partial charge in [0.1, 0.15) is 11.4 Å². The third kappa shape index (κ3) is 6.61. The van der Waals surface area contributed by atoms with Crippen LogP contribution in [0.1, 0.15) is 27.7 Å². The number of carbonyl (C=O) groups excluding carboxylic acids is 3. The topological polar surface area (TPSA) is 91.4 Å². The largest absolute Gasteiger partial charge is 0.573 e. The van der Waals surface area contributed by atoms with Gasteiger partial charge in [0.15, 0.2) is 6.10 Å². The van der Waals surface area contributed by atoms with Crippen LogP contribution in [0.3, 0.4) is 0 Å². The number of anilines is 1. The summed E-state index contributed by atoms with van der Waals surface area (Å²) in [6.07, 6.45) is -8.09. The highest BCUT2D eigenvalue weighted by Crippen LogP contribution is 2.29. The van der Waals surface area contributed by atoms with Crippen molar-refractivity contribution in [3.63, 3.8) is 0 Å². The summed E-state index contributed by atoms with van der Waals surface area (Å²) in [7, 11) is 0. The molecular weight excluding hydrogens is 411 g/mol. The van der Waals surface area contributed by atoms with Gasteiger partial charge in [-0.15, -0.1) is 13.2 Å². The highest BCUT2D eigenvalue weighted by Gasteiger charge is 2.44. The molecule has 1 saturated heterocycles. The van der Waals surface area contributed by atoms with E-state index in [1.54, 1.807) is 20.8 Å². The lowest BCUT2D eigenvalue weighted by Gasteiger charge is -2.35. The molecule has 1 aromatic carbocycles. The number of hydrogen-bond acceptors (Lipinski definition) is 7. The van der Waals surface area contributed by atoms with Crippen molar-refractivity contribution < 1.29 is 46.5 Å². The van der Waals surface area contributed by atoms with Gasteiger partial charge < -0.3 is 23.8 Å². The van der Waals surface area contributed by atoms with Gasteiger partial charge in [0.2, 0.25) is 6.10 Å². The Morgan fingerprint density at radius 2 is 1.90 bits per heavy atom. The van der Waals surface area contributed by atoms with Crippen LogP contribution in [0.2, 0.25) is 0 Å². The van der Waals surface area contributed by atoms with Crippen molar-refractivity contribution in [3.05, 3.63) is 24.3 Å². The number of hydrogen-bond donors (Lipinski definition) is 0. The number of morpholine rings is 1. The summed E-state index contributed by atoms with van der Waals surface area (Å²) >= 11 is 0. The lowest BCUT2D eigenvalue weighted by Crippen LogP contribution is -2.56. The van der Waals surface area contributed by atoms with E-state index in [2.05, 4.69) is 4.74 Å². The van der Waals surface area contributed by atoms with Gasteiger partial charge in [0, 0.05) is 25.2 Å². The molecule has 0 bridgehead atoms. The fraction of sp³-hybridized carbons (Fsp3) is 0.526. The molecule has 2 rings (SSSR count). The van der Waals surface area contributed by atoms with E-state index in [1.807, 2.05) is 0 Å². The van der Waals surface area contributed by atoms with Gasteiger partial charge in [0.25, 0.3) is 5.91 Å². The van der Waals surface area contributed by atoms with Crippen molar-refractivity contribution in [1.82, 2.24) is 0 Å². The van der Waals surface area contributed by atoms with Gasteiger partial charge in [0.05, 0.1) is 6.61 Å². The quantitative estimate of drug-likeness (QED) is 0.659. The van der Waals surface area contributed by atoms with Gasteiger partial charge in [-0.05, 0) is 32.9 Å². The molecule has 0 aliphatic carbocycles. The Morgan fingerprint density at radius 1 is 1.23 bits per heavy atom. The number of rotatable bonds is 5. The SMILES string of the molecule is CC(=O)OC(C(=O)OC(C)(C)C)[C@H]1OCCN(c2cccc(OC(F)(F)F)c2)C1=O. The Kier molecular flexibility index (Phi) is 6.96. The summed E-state index contributed by atoms with van der Waals surface area (Å²) in [4.78, 5) is 38.0. The van der Waals surface area contributed by atoms with Crippen LogP contribution < -0.4 is 9.64 Å². The predicted molar refractivity (Wildman–Crippen MR) is 96.6 cm³/mol. The first-order valence-electron chi connectivity index (χ1n) is 8.96. The summed E-state index contributed by atoms with van der Waals surface area (Å²) < 4.78 is 56.9.